The second-order valence-corrected chi connectivity index (χ2v) is 11.2. The second-order valence-electron chi connectivity index (χ2n) is 8.97. The van der Waals surface area contributed by atoms with E-state index in [9.17, 15) is 17.6 Å². The normalized spacial score (nSPS) is 20.5. The minimum absolute atomic E-state index is 0.0647. The number of piperazine rings is 1. The van der Waals surface area contributed by atoms with Gasteiger partial charge in [-0.3, -0.25) is 9.69 Å². The van der Waals surface area contributed by atoms with Crippen molar-refractivity contribution in [2.45, 2.75) is 12.5 Å². The van der Waals surface area contributed by atoms with Crippen LogP contribution in [0.1, 0.15) is 12.0 Å². The largest absolute Gasteiger partial charge is 0.337 e. The molecule has 35 heavy (non-hydrogen) atoms. The number of nitrogens with zero attached hydrogens (tertiary/aromatic N) is 4. The van der Waals surface area contributed by atoms with Crippen molar-refractivity contribution in [2.24, 2.45) is 0 Å². The van der Waals surface area contributed by atoms with E-state index in [0.29, 0.717) is 38.3 Å². The lowest BCUT2D eigenvalue weighted by atomic mass is 10.1. The molecular weight excluding hydrogens is 467 g/mol. The maximum absolute atomic E-state index is 13.5. The summed E-state index contributed by atoms with van der Waals surface area (Å²) in [5.41, 5.74) is 3.05. The third-order valence-corrected chi connectivity index (χ3v) is 8.39. The Hall–Kier alpha value is -3.30. The maximum atomic E-state index is 13.5. The van der Waals surface area contributed by atoms with Crippen LogP contribution in [0.3, 0.4) is 0 Å². The monoisotopic (exact) mass is 494 g/mol. The molecule has 7 nitrogen and oxygen atoms in total. The summed E-state index contributed by atoms with van der Waals surface area (Å²) in [4.78, 5) is 16.9. The van der Waals surface area contributed by atoms with Crippen LogP contribution < -0.4 is 0 Å². The number of para-hydroxylation sites is 1. The van der Waals surface area contributed by atoms with Gasteiger partial charge in [-0.25, -0.2) is 17.5 Å². The molecule has 0 aliphatic carbocycles. The quantitative estimate of drug-likeness (QED) is 0.510. The molecule has 0 spiro atoms. The molecular formula is C26H27FN4O3S. The summed E-state index contributed by atoms with van der Waals surface area (Å²) in [6.45, 7) is 2.47. The molecule has 182 valence electrons. The van der Waals surface area contributed by atoms with E-state index < -0.39 is 9.84 Å². The number of hydrogen-bond donors (Lipinski definition) is 0. The van der Waals surface area contributed by atoms with Gasteiger partial charge < -0.3 is 4.90 Å². The number of halogens is 1. The van der Waals surface area contributed by atoms with E-state index in [-0.39, 0.29) is 29.3 Å². The van der Waals surface area contributed by atoms with Crippen LogP contribution in [0.15, 0.2) is 66.9 Å². The van der Waals surface area contributed by atoms with Crippen molar-refractivity contribution in [3.8, 4) is 16.9 Å². The van der Waals surface area contributed by atoms with Gasteiger partial charge in [-0.2, -0.15) is 5.10 Å². The molecule has 2 aliphatic rings. The van der Waals surface area contributed by atoms with Gasteiger partial charge in [0.25, 0.3) is 0 Å². The number of hydrogen-bond acceptors (Lipinski definition) is 5. The van der Waals surface area contributed by atoms with Crippen molar-refractivity contribution in [1.29, 1.82) is 0 Å². The molecule has 1 aromatic heterocycles. The fourth-order valence-electron chi connectivity index (χ4n) is 4.69. The molecule has 2 aromatic carbocycles. The highest BCUT2D eigenvalue weighted by atomic mass is 32.2. The first-order valence-corrected chi connectivity index (χ1v) is 13.5. The molecule has 2 fully saturated rings. The summed E-state index contributed by atoms with van der Waals surface area (Å²) < 4.78 is 38.8. The van der Waals surface area contributed by atoms with Crippen LogP contribution in [-0.4, -0.2) is 77.6 Å². The van der Waals surface area contributed by atoms with Gasteiger partial charge in [0.15, 0.2) is 9.84 Å². The summed E-state index contributed by atoms with van der Waals surface area (Å²) in [6.07, 6.45) is 5.84. The first kappa shape index (κ1) is 23.4. The Morgan fingerprint density at radius 3 is 2.37 bits per heavy atom. The molecule has 5 rings (SSSR count). The van der Waals surface area contributed by atoms with E-state index in [1.165, 1.54) is 12.1 Å². The molecule has 0 radical (unpaired) electrons. The van der Waals surface area contributed by atoms with Gasteiger partial charge in [0, 0.05) is 55.6 Å². The predicted molar refractivity (Wildman–Crippen MR) is 133 cm³/mol. The molecule has 3 aromatic rings. The molecule has 0 bridgehead atoms. The van der Waals surface area contributed by atoms with Crippen LogP contribution in [-0.2, 0) is 14.6 Å². The SMILES string of the molecule is O=C(C=Cc1cn(-c2ccccc2)nc1-c1ccc(F)cc1)N1CCN(C2CCS(=O)(=O)C2)CC1. The van der Waals surface area contributed by atoms with Crippen molar-refractivity contribution in [2.75, 3.05) is 37.7 Å². The van der Waals surface area contributed by atoms with Crippen LogP contribution in [0.4, 0.5) is 4.39 Å². The number of amides is 1. The predicted octanol–water partition coefficient (Wildman–Crippen LogP) is 3.02. The number of carbonyl (C=O) groups excluding carboxylic acids is 1. The van der Waals surface area contributed by atoms with Gasteiger partial charge in [-0.1, -0.05) is 18.2 Å². The number of aromatic nitrogens is 2. The highest BCUT2D eigenvalue weighted by molar-refractivity contribution is 7.91. The van der Waals surface area contributed by atoms with Crippen molar-refractivity contribution in [1.82, 2.24) is 19.6 Å². The summed E-state index contributed by atoms with van der Waals surface area (Å²) in [7, 11) is -2.92. The lowest BCUT2D eigenvalue weighted by molar-refractivity contribution is -0.127. The summed E-state index contributed by atoms with van der Waals surface area (Å²) in [6, 6.07) is 15.9. The lowest BCUT2D eigenvalue weighted by Gasteiger charge is -2.37. The van der Waals surface area contributed by atoms with Crippen LogP contribution in [0.2, 0.25) is 0 Å². The van der Waals surface area contributed by atoms with Crippen molar-refractivity contribution >= 4 is 21.8 Å². The number of sulfone groups is 1. The van der Waals surface area contributed by atoms with E-state index >= 15 is 0 Å². The standard InChI is InChI=1S/C26H27FN4O3S/c27-22-9-6-20(7-10-22)26-21(18-31(28-26)23-4-2-1-3-5-23)8-11-25(32)30-15-13-29(14-16-30)24-12-17-35(33,34)19-24/h1-11,18,24H,12-17,19H2. The Bertz CT molecular complexity index is 1330. The fraction of sp³-hybridized carbons (Fsp3) is 0.308. The second kappa shape index (κ2) is 9.75. The van der Waals surface area contributed by atoms with Gasteiger partial charge in [0.2, 0.25) is 5.91 Å². The van der Waals surface area contributed by atoms with E-state index in [2.05, 4.69) is 4.90 Å². The number of carbonyl (C=O) groups is 1. The Balaban J connectivity index is 1.31. The molecule has 3 heterocycles. The number of rotatable bonds is 5. The molecule has 0 saturated carbocycles. The third-order valence-electron chi connectivity index (χ3n) is 6.64. The topological polar surface area (TPSA) is 75.5 Å². The summed E-state index contributed by atoms with van der Waals surface area (Å²) >= 11 is 0. The minimum atomic E-state index is -2.92. The first-order valence-electron chi connectivity index (χ1n) is 11.7. The summed E-state index contributed by atoms with van der Waals surface area (Å²) in [5.74, 6) is 0.0597. The summed E-state index contributed by atoms with van der Waals surface area (Å²) in [5, 5.41) is 4.70. The Labute approximate surface area is 204 Å². The smallest absolute Gasteiger partial charge is 0.246 e. The Kier molecular flexibility index (Phi) is 6.53. The van der Waals surface area contributed by atoms with Crippen LogP contribution >= 0.6 is 0 Å². The number of benzene rings is 2. The highest BCUT2D eigenvalue weighted by Crippen LogP contribution is 2.25. The zero-order valence-corrected chi connectivity index (χ0v) is 20.1. The van der Waals surface area contributed by atoms with E-state index in [1.54, 1.807) is 33.9 Å². The van der Waals surface area contributed by atoms with Crippen molar-refractivity contribution in [3.63, 3.8) is 0 Å². The van der Waals surface area contributed by atoms with Gasteiger partial charge >= 0.3 is 0 Å². The average Bonchev–Trinajstić information content (AvgIpc) is 3.47. The highest BCUT2D eigenvalue weighted by Gasteiger charge is 2.34. The van der Waals surface area contributed by atoms with E-state index in [4.69, 9.17) is 5.10 Å². The molecule has 0 N–H and O–H groups in total. The molecule has 2 aliphatic heterocycles. The Morgan fingerprint density at radius 2 is 1.71 bits per heavy atom. The van der Waals surface area contributed by atoms with Crippen molar-refractivity contribution < 1.29 is 17.6 Å². The molecule has 1 unspecified atom stereocenters. The van der Waals surface area contributed by atoms with Gasteiger partial charge in [0.1, 0.15) is 5.82 Å². The zero-order chi connectivity index (χ0) is 24.4. The average molecular weight is 495 g/mol. The third kappa shape index (κ3) is 5.36. The molecule has 1 atom stereocenters. The van der Waals surface area contributed by atoms with E-state index in [1.807, 2.05) is 36.5 Å². The molecule has 1 amide bonds. The molecule has 2 saturated heterocycles. The zero-order valence-electron chi connectivity index (χ0n) is 19.3. The maximum Gasteiger partial charge on any atom is 0.246 e. The van der Waals surface area contributed by atoms with Crippen LogP contribution in [0, 0.1) is 5.82 Å². The van der Waals surface area contributed by atoms with Gasteiger partial charge in [0.05, 0.1) is 22.9 Å². The van der Waals surface area contributed by atoms with Crippen molar-refractivity contribution in [3.05, 3.63) is 78.3 Å². The van der Waals surface area contributed by atoms with Gasteiger partial charge in [-0.05, 0) is 48.9 Å². The van der Waals surface area contributed by atoms with Gasteiger partial charge in [-0.15, -0.1) is 0 Å². The minimum Gasteiger partial charge on any atom is -0.337 e. The molecule has 9 heteroatoms. The van der Waals surface area contributed by atoms with Crippen LogP contribution in [0.25, 0.3) is 23.0 Å². The fourth-order valence-corrected chi connectivity index (χ4v) is 6.45. The lowest BCUT2D eigenvalue weighted by Crippen LogP contribution is -2.52. The van der Waals surface area contributed by atoms with E-state index in [0.717, 1.165) is 16.8 Å². The Morgan fingerprint density at radius 1 is 1.00 bits per heavy atom. The van der Waals surface area contributed by atoms with Crippen LogP contribution in [0.5, 0.6) is 0 Å². The first-order chi connectivity index (χ1) is 16.9.